The Kier molecular flexibility index (Phi) is 7.06. The van der Waals surface area contributed by atoms with Crippen LogP contribution in [0.3, 0.4) is 0 Å². The summed E-state index contributed by atoms with van der Waals surface area (Å²) in [5, 5.41) is 12.0. The zero-order valence-electron chi connectivity index (χ0n) is 21.9. The van der Waals surface area contributed by atoms with E-state index in [-0.39, 0.29) is 29.9 Å². The number of anilines is 3. The van der Waals surface area contributed by atoms with E-state index < -0.39 is 27.2 Å². The van der Waals surface area contributed by atoms with Crippen molar-refractivity contribution in [3.63, 3.8) is 0 Å². The van der Waals surface area contributed by atoms with Crippen LogP contribution in [0.1, 0.15) is 11.1 Å². The Labute approximate surface area is 247 Å². The molecule has 0 aliphatic carbocycles. The van der Waals surface area contributed by atoms with Crippen LogP contribution in [0.4, 0.5) is 35.9 Å². The molecular weight excluding hydrogens is 595 g/mol. The van der Waals surface area contributed by atoms with Crippen molar-refractivity contribution in [3.05, 3.63) is 93.0 Å². The minimum atomic E-state index is -4.69. The summed E-state index contributed by atoms with van der Waals surface area (Å²) in [5.41, 5.74) is 0.337. The lowest BCUT2D eigenvalue weighted by Gasteiger charge is -2.38. The Morgan fingerprint density at radius 1 is 0.952 bits per heavy atom. The second kappa shape index (κ2) is 10.5. The highest BCUT2D eigenvalue weighted by Gasteiger charge is 2.61. The van der Waals surface area contributed by atoms with Crippen molar-refractivity contribution in [1.29, 1.82) is 0 Å². The lowest BCUT2D eigenvalue weighted by Crippen LogP contribution is -2.54. The van der Waals surface area contributed by atoms with E-state index in [1.807, 2.05) is 29.2 Å². The monoisotopic (exact) mass is 617 g/mol. The second-order valence-electron chi connectivity index (χ2n) is 10.1. The summed E-state index contributed by atoms with van der Waals surface area (Å²) in [6.45, 7) is 1.63. The number of para-hydroxylation sites is 1. The summed E-state index contributed by atoms with van der Waals surface area (Å²) in [6, 6.07) is 16.7. The van der Waals surface area contributed by atoms with E-state index in [4.69, 9.17) is 11.6 Å². The average molecular weight is 618 g/mol. The van der Waals surface area contributed by atoms with Gasteiger partial charge in [0.25, 0.3) is 11.6 Å². The first-order valence-electron chi connectivity index (χ1n) is 13.0. The molecule has 0 unspecified atom stereocenters. The molecule has 14 heteroatoms. The second-order valence-corrected chi connectivity index (χ2v) is 11.7. The van der Waals surface area contributed by atoms with Gasteiger partial charge in [-0.05, 0) is 36.4 Å². The molecule has 3 aliphatic rings. The number of fused-ring (bicyclic) bond motifs is 2. The van der Waals surface area contributed by atoms with Crippen molar-refractivity contribution >= 4 is 57.9 Å². The molecule has 0 radical (unpaired) electrons. The third-order valence-electron chi connectivity index (χ3n) is 7.68. The third-order valence-corrected chi connectivity index (χ3v) is 9.31. The van der Waals surface area contributed by atoms with Gasteiger partial charge in [0.2, 0.25) is 10.8 Å². The van der Waals surface area contributed by atoms with Crippen LogP contribution in [-0.4, -0.2) is 60.2 Å². The van der Waals surface area contributed by atoms with E-state index in [2.05, 4.69) is 0 Å². The standard InChI is InChI=1S/C28H23ClF3N5O4S/c29-19-4-3-5-20(15-19)36-25(38)16-42-27(36)21-6-1-2-7-22(21)35(26(27)39)17-33-10-12-34(13-11-33)23-9-8-18(28(30,31)32)14-24(23)37(40)41/h1-9,14-15H,10-13,16-17H2/t27-/m0/s1. The summed E-state index contributed by atoms with van der Waals surface area (Å²) < 4.78 is 39.5. The summed E-state index contributed by atoms with van der Waals surface area (Å²) in [4.78, 5) is 43.8. The number of piperazine rings is 1. The number of thioether (sulfide) groups is 1. The van der Waals surface area contributed by atoms with Gasteiger partial charge >= 0.3 is 6.18 Å². The van der Waals surface area contributed by atoms with Crippen molar-refractivity contribution in [2.24, 2.45) is 0 Å². The maximum Gasteiger partial charge on any atom is 0.416 e. The maximum atomic E-state index is 14.3. The minimum Gasteiger partial charge on any atom is -0.363 e. The van der Waals surface area contributed by atoms with Gasteiger partial charge < -0.3 is 4.90 Å². The van der Waals surface area contributed by atoms with Crippen LogP contribution in [0.2, 0.25) is 5.02 Å². The number of carbonyl (C=O) groups is 2. The molecule has 42 heavy (non-hydrogen) atoms. The molecule has 0 aromatic heterocycles. The SMILES string of the molecule is O=C1CS[C@@]2(C(=O)N(CN3CCN(c4ccc(C(F)(F)F)cc4[N+](=O)[O-])CC3)c3ccccc32)N1c1cccc(Cl)c1. The van der Waals surface area contributed by atoms with Gasteiger partial charge in [-0.25, -0.2) is 0 Å². The average Bonchev–Trinajstić information content (AvgIpc) is 3.43. The molecule has 3 aromatic carbocycles. The molecule has 9 nitrogen and oxygen atoms in total. The molecule has 3 aromatic rings. The molecule has 0 N–H and O–H groups in total. The maximum absolute atomic E-state index is 14.3. The molecule has 6 rings (SSSR count). The fourth-order valence-electron chi connectivity index (χ4n) is 5.75. The van der Waals surface area contributed by atoms with Crippen LogP contribution >= 0.6 is 23.4 Å². The summed E-state index contributed by atoms with van der Waals surface area (Å²) in [7, 11) is 0. The van der Waals surface area contributed by atoms with Gasteiger partial charge in [-0.3, -0.25) is 34.4 Å². The van der Waals surface area contributed by atoms with Gasteiger partial charge in [0.1, 0.15) is 5.69 Å². The van der Waals surface area contributed by atoms with Crippen molar-refractivity contribution in [2.45, 2.75) is 11.0 Å². The number of amides is 2. The number of benzene rings is 3. The smallest absolute Gasteiger partial charge is 0.363 e. The van der Waals surface area contributed by atoms with Gasteiger partial charge in [-0.15, -0.1) is 11.8 Å². The third kappa shape index (κ3) is 4.65. The number of halogens is 4. The largest absolute Gasteiger partial charge is 0.416 e. The van der Waals surface area contributed by atoms with Gasteiger partial charge in [0.15, 0.2) is 0 Å². The highest BCUT2D eigenvalue weighted by Crippen LogP contribution is 2.55. The Balaban J connectivity index is 1.24. The van der Waals surface area contributed by atoms with Crippen molar-refractivity contribution < 1.29 is 27.7 Å². The van der Waals surface area contributed by atoms with Crippen molar-refractivity contribution in [1.82, 2.24) is 4.90 Å². The van der Waals surface area contributed by atoms with Gasteiger partial charge in [-0.1, -0.05) is 35.9 Å². The van der Waals surface area contributed by atoms with Gasteiger partial charge in [-0.2, -0.15) is 13.2 Å². The predicted octanol–water partition coefficient (Wildman–Crippen LogP) is 5.33. The first-order valence-corrected chi connectivity index (χ1v) is 14.3. The molecular formula is C28H23ClF3N5O4S. The van der Waals surface area contributed by atoms with E-state index in [0.29, 0.717) is 54.2 Å². The van der Waals surface area contributed by atoms with Gasteiger partial charge in [0.05, 0.1) is 28.6 Å². The first-order chi connectivity index (χ1) is 20.0. The molecule has 0 saturated carbocycles. The Morgan fingerprint density at radius 3 is 2.38 bits per heavy atom. The summed E-state index contributed by atoms with van der Waals surface area (Å²) in [6.07, 6.45) is -4.69. The normalized spacial score (nSPS) is 21.0. The number of alkyl halides is 3. The first kappa shape index (κ1) is 28.3. The predicted molar refractivity (Wildman–Crippen MR) is 154 cm³/mol. The van der Waals surface area contributed by atoms with Crippen molar-refractivity contribution in [3.8, 4) is 0 Å². The highest BCUT2D eigenvalue weighted by molar-refractivity contribution is 8.02. The summed E-state index contributed by atoms with van der Waals surface area (Å²) in [5.74, 6) is -0.357. The van der Waals surface area contributed by atoms with Crippen LogP contribution in [0, 0.1) is 10.1 Å². The topological polar surface area (TPSA) is 90.2 Å². The van der Waals surface area contributed by atoms with Crippen LogP contribution in [0.25, 0.3) is 0 Å². The minimum absolute atomic E-state index is 0.116. The zero-order valence-corrected chi connectivity index (χ0v) is 23.5. The molecule has 3 aliphatic heterocycles. The lowest BCUT2D eigenvalue weighted by molar-refractivity contribution is -0.384. The number of carbonyl (C=O) groups excluding carboxylic acids is 2. The molecule has 2 saturated heterocycles. The van der Waals surface area contributed by atoms with Gasteiger partial charge in [0, 0.05) is 48.5 Å². The molecule has 3 heterocycles. The Morgan fingerprint density at radius 2 is 1.69 bits per heavy atom. The Bertz CT molecular complexity index is 1600. The Hall–Kier alpha value is -3.81. The number of hydrogen-bond donors (Lipinski definition) is 0. The van der Waals surface area contributed by atoms with E-state index >= 15 is 0 Å². The molecule has 1 atom stereocenters. The molecule has 0 bridgehead atoms. The fourth-order valence-corrected chi connectivity index (χ4v) is 7.30. The highest BCUT2D eigenvalue weighted by atomic mass is 35.5. The van der Waals surface area contributed by atoms with Crippen LogP contribution in [0.5, 0.6) is 0 Å². The van der Waals surface area contributed by atoms with E-state index in [1.54, 1.807) is 34.1 Å². The van der Waals surface area contributed by atoms with E-state index in [9.17, 15) is 32.9 Å². The number of nitro benzene ring substituents is 1. The number of hydrogen-bond acceptors (Lipinski definition) is 7. The van der Waals surface area contributed by atoms with E-state index in [1.165, 1.54) is 16.7 Å². The molecule has 218 valence electrons. The lowest BCUT2D eigenvalue weighted by atomic mass is 10.0. The van der Waals surface area contributed by atoms with Crippen LogP contribution in [0.15, 0.2) is 66.7 Å². The zero-order chi connectivity index (χ0) is 29.8. The molecule has 2 fully saturated rings. The number of nitrogens with zero attached hydrogens (tertiary/aromatic N) is 5. The van der Waals surface area contributed by atoms with E-state index in [0.717, 1.165) is 12.1 Å². The summed E-state index contributed by atoms with van der Waals surface area (Å²) >= 11 is 7.49. The van der Waals surface area contributed by atoms with Crippen molar-refractivity contribution in [2.75, 3.05) is 53.3 Å². The number of rotatable bonds is 5. The molecule has 2 amide bonds. The molecule has 1 spiro atoms. The fraction of sp³-hybridized carbons (Fsp3) is 0.286. The van der Waals surface area contributed by atoms with Crippen LogP contribution < -0.4 is 14.7 Å². The number of nitro groups is 1. The quantitative estimate of drug-likeness (QED) is 0.283. The van der Waals surface area contributed by atoms with Crippen LogP contribution in [-0.2, 0) is 20.6 Å².